The van der Waals surface area contributed by atoms with Crippen molar-refractivity contribution in [2.24, 2.45) is 0 Å². The second-order valence-corrected chi connectivity index (χ2v) is 6.12. The van der Waals surface area contributed by atoms with Gasteiger partial charge in [0.2, 0.25) is 0 Å². The van der Waals surface area contributed by atoms with Gasteiger partial charge < -0.3 is 15.1 Å². The van der Waals surface area contributed by atoms with Gasteiger partial charge >= 0.3 is 0 Å². The zero-order chi connectivity index (χ0) is 13.8. The summed E-state index contributed by atoms with van der Waals surface area (Å²) in [5, 5.41) is 4.46. The fourth-order valence-corrected chi connectivity index (χ4v) is 3.67. The van der Waals surface area contributed by atoms with Crippen LogP contribution in [0.2, 0.25) is 0 Å². The monoisotopic (exact) mass is 456 g/mol. The zero-order valence-corrected chi connectivity index (χ0v) is 15.9. The summed E-state index contributed by atoms with van der Waals surface area (Å²) in [6.07, 6.45) is 5.34. The molecule has 116 valence electrons. The van der Waals surface area contributed by atoms with E-state index in [0.29, 0.717) is 6.04 Å². The van der Waals surface area contributed by atoms with Gasteiger partial charge in [0.05, 0.1) is 0 Å². The molecule has 0 N–H and O–H groups in total. The number of benzene rings is 1. The van der Waals surface area contributed by atoms with E-state index in [1.54, 1.807) is 0 Å². The van der Waals surface area contributed by atoms with Crippen molar-refractivity contribution >= 4 is 5.69 Å². The van der Waals surface area contributed by atoms with Crippen LogP contribution in [-0.2, 0) is 21.1 Å². The summed E-state index contributed by atoms with van der Waals surface area (Å²) < 4.78 is 0. The predicted molar refractivity (Wildman–Crippen MR) is 85.6 cm³/mol. The number of anilines is 1. The summed E-state index contributed by atoms with van der Waals surface area (Å²) >= 11 is 0. The molecule has 0 aromatic heterocycles. The first-order chi connectivity index (χ1) is 9.84. The first-order valence-electron chi connectivity index (χ1n) is 8.00. The Morgan fingerprint density at radius 3 is 2.24 bits per heavy atom. The van der Waals surface area contributed by atoms with Gasteiger partial charge in [-0.25, -0.2) is 0 Å². The van der Waals surface area contributed by atoms with Crippen molar-refractivity contribution in [3.8, 4) is 0 Å². The Hall–Kier alpha value is -0.372. The van der Waals surface area contributed by atoms with Gasteiger partial charge in [0.25, 0.3) is 0 Å². The molecule has 1 heterocycles. The molecule has 1 aromatic carbocycles. The molecule has 1 aliphatic heterocycles. The molecule has 0 bridgehead atoms. The Balaban J connectivity index is 0.00000161. The van der Waals surface area contributed by atoms with E-state index >= 15 is 0 Å². The van der Waals surface area contributed by atoms with E-state index in [2.05, 4.69) is 52.5 Å². The quantitative estimate of drug-likeness (QED) is 0.697. The first kappa shape index (κ1) is 17.0. The molecule has 1 saturated carbocycles. The summed E-state index contributed by atoms with van der Waals surface area (Å²) in [6.45, 7) is 4.46. The molecular weight excluding hydrogens is 430 g/mol. The topological polar surface area (TPSA) is 20.6 Å². The molecule has 1 aromatic rings. The van der Waals surface area contributed by atoms with E-state index in [1.165, 1.54) is 44.5 Å². The van der Waals surface area contributed by atoms with Crippen LogP contribution < -0.4 is 4.90 Å². The normalized spacial score (nSPS) is 26.9. The second kappa shape index (κ2) is 8.31. The van der Waals surface area contributed by atoms with Crippen molar-refractivity contribution in [3.63, 3.8) is 0 Å². The van der Waals surface area contributed by atoms with Crippen LogP contribution in [0, 0.1) is 0 Å². The maximum absolute atomic E-state index is 4.46. The maximum atomic E-state index is 4.46. The van der Waals surface area contributed by atoms with Crippen molar-refractivity contribution in [1.82, 2.24) is 4.90 Å². The van der Waals surface area contributed by atoms with E-state index < -0.39 is 0 Å². The van der Waals surface area contributed by atoms with Crippen LogP contribution in [0.25, 0.3) is 5.32 Å². The van der Waals surface area contributed by atoms with E-state index in [1.807, 2.05) is 0 Å². The van der Waals surface area contributed by atoms with Crippen molar-refractivity contribution in [2.75, 3.05) is 38.1 Å². The average molecular weight is 456 g/mol. The van der Waals surface area contributed by atoms with Crippen molar-refractivity contribution < 1.29 is 21.1 Å². The molecule has 0 radical (unpaired) electrons. The van der Waals surface area contributed by atoms with Crippen LogP contribution in [0.4, 0.5) is 5.69 Å². The minimum atomic E-state index is 0. The van der Waals surface area contributed by atoms with Gasteiger partial charge in [-0.1, -0.05) is 18.2 Å². The number of piperazine rings is 1. The summed E-state index contributed by atoms with van der Waals surface area (Å²) in [4.78, 5) is 5.15. The fraction of sp³-hybridized carbons (Fsp3) is 0.647. The fourth-order valence-electron chi connectivity index (χ4n) is 3.67. The molecule has 3 nitrogen and oxygen atoms in total. The van der Waals surface area contributed by atoms with Gasteiger partial charge in [-0.05, 0) is 50.9 Å². The molecule has 0 unspecified atom stereocenters. The van der Waals surface area contributed by atoms with Crippen molar-refractivity contribution in [3.05, 3.63) is 35.6 Å². The third-order valence-electron chi connectivity index (χ3n) is 4.98. The third kappa shape index (κ3) is 4.31. The largest absolute Gasteiger partial charge is 0.660 e. The Bertz CT molecular complexity index is 398. The maximum Gasteiger partial charge on any atom is 0.0366 e. The van der Waals surface area contributed by atoms with Crippen LogP contribution in [0.15, 0.2) is 30.3 Å². The molecule has 4 heteroatoms. The summed E-state index contributed by atoms with van der Waals surface area (Å²) in [5.74, 6) is 0. The van der Waals surface area contributed by atoms with Crippen LogP contribution >= 0.6 is 0 Å². The summed E-state index contributed by atoms with van der Waals surface area (Å²) in [6, 6.07) is 12.3. The molecule has 3 rings (SSSR count). The summed E-state index contributed by atoms with van der Waals surface area (Å²) in [7, 11) is 2.25. The van der Waals surface area contributed by atoms with Gasteiger partial charge in [-0.15, -0.1) is 13.1 Å². The zero-order valence-electron chi connectivity index (χ0n) is 12.9. The number of nitrogens with zero attached hydrogens (tertiary/aromatic N) is 3. The standard InChI is InChI=1S/C17H26N3.W/c1-19(15-5-3-2-4-6-15)16-7-9-17(10-8-16)20-13-11-18-12-14-20;/h2-6,16-17H,7-14H2,1H3;/q-1;. The molecule has 1 saturated heterocycles. The van der Waals surface area contributed by atoms with E-state index in [9.17, 15) is 0 Å². The van der Waals surface area contributed by atoms with E-state index in [4.69, 9.17) is 0 Å². The Kier molecular flexibility index (Phi) is 6.72. The van der Waals surface area contributed by atoms with Crippen molar-refractivity contribution in [2.45, 2.75) is 37.8 Å². The van der Waals surface area contributed by atoms with Gasteiger partial charge in [0.1, 0.15) is 0 Å². The van der Waals surface area contributed by atoms with E-state index in [-0.39, 0.29) is 21.1 Å². The second-order valence-electron chi connectivity index (χ2n) is 6.12. The Morgan fingerprint density at radius 1 is 1.00 bits per heavy atom. The van der Waals surface area contributed by atoms with Crippen LogP contribution in [0.5, 0.6) is 0 Å². The van der Waals surface area contributed by atoms with E-state index in [0.717, 1.165) is 19.1 Å². The molecule has 2 fully saturated rings. The molecule has 0 spiro atoms. The van der Waals surface area contributed by atoms with Crippen LogP contribution in [-0.4, -0.2) is 50.2 Å². The minimum Gasteiger partial charge on any atom is -0.660 e. The number of rotatable bonds is 3. The van der Waals surface area contributed by atoms with Gasteiger partial charge in [-0.2, -0.15) is 0 Å². The molecule has 0 amide bonds. The van der Waals surface area contributed by atoms with Gasteiger partial charge in [-0.3, -0.25) is 0 Å². The molecule has 1 aliphatic carbocycles. The minimum absolute atomic E-state index is 0. The predicted octanol–water partition coefficient (Wildman–Crippen LogP) is 3.12. The summed E-state index contributed by atoms with van der Waals surface area (Å²) in [5.41, 5.74) is 1.35. The van der Waals surface area contributed by atoms with Crippen molar-refractivity contribution in [1.29, 1.82) is 0 Å². The molecular formula is C17H26N3W-. The van der Waals surface area contributed by atoms with Crippen LogP contribution in [0.1, 0.15) is 25.7 Å². The molecule has 2 aliphatic rings. The average Bonchev–Trinajstić information content (AvgIpc) is 2.56. The molecule has 0 atom stereocenters. The first-order valence-corrected chi connectivity index (χ1v) is 8.00. The van der Waals surface area contributed by atoms with Gasteiger partial charge in [0, 0.05) is 45.9 Å². The smallest absolute Gasteiger partial charge is 0.0366 e. The third-order valence-corrected chi connectivity index (χ3v) is 4.98. The SMILES string of the molecule is CN(c1ccccc1)C1CCC(N2CC[N-]CC2)CC1.[W]. The van der Waals surface area contributed by atoms with Crippen LogP contribution in [0.3, 0.4) is 0 Å². The Labute approximate surface area is 143 Å². The molecule has 21 heavy (non-hydrogen) atoms. The number of hydrogen-bond donors (Lipinski definition) is 0. The van der Waals surface area contributed by atoms with Gasteiger partial charge in [0.15, 0.2) is 0 Å². The Morgan fingerprint density at radius 2 is 1.62 bits per heavy atom. The number of hydrogen-bond acceptors (Lipinski definition) is 2. The number of para-hydroxylation sites is 1.